The van der Waals surface area contributed by atoms with Crippen molar-refractivity contribution < 1.29 is 9.59 Å². The smallest absolute Gasteiger partial charge is 0.255 e. The van der Waals surface area contributed by atoms with Crippen LogP contribution in [0.25, 0.3) is 0 Å². The monoisotopic (exact) mass is 336 g/mol. The molecule has 2 aromatic carbocycles. The first-order valence-corrected chi connectivity index (χ1v) is 8.70. The van der Waals surface area contributed by atoms with Crippen molar-refractivity contribution in [1.29, 1.82) is 0 Å². The molecular weight excluding hydrogens is 312 g/mol. The number of hydrogen-bond acceptors (Lipinski definition) is 2. The lowest BCUT2D eigenvalue weighted by Gasteiger charge is -2.16. The van der Waals surface area contributed by atoms with Gasteiger partial charge in [0, 0.05) is 30.8 Å². The molecule has 0 bridgehead atoms. The van der Waals surface area contributed by atoms with Crippen LogP contribution in [0.5, 0.6) is 0 Å². The number of aryl methyl sites for hydroxylation is 3. The van der Waals surface area contributed by atoms with E-state index >= 15 is 0 Å². The molecule has 4 heteroatoms. The van der Waals surface area contributed by atoms with Crippen LogP contribution in [0.15, 0.2) is 36.4 Å². The van der Waals surface area contributed by atoms with Gasteiger partial charge in [-0.2, -0.15) is 0 Å². The lowest BCUT2D eigenvalue weighted by atomic mass is 10.0. The maximum atomic E-state index is 12.7. The molecule has 1 fully saturated rings. The third-order valence-corrected chi connectivity index (χ3v) is 4.65. The SMILES string of the molecule is Cc1cc(C)c(NC(=O)c2cccc(CN3CCCC3=O)c2)c(C)c1. The molecule has 2 aromatic rings. The molecular formula is C21H24N2O2. The Morgan fingerprint density at radius 1 is 1.12 bits per heavy atom. The van der Waals surface area contributed by atoms with Crippen molar-refractivity contribution in [2.24, 2.45) is 0 Å². The van der Waals surface area contributed by atoms with Crippen LogP contribution in [0.4, 0.5) is 5.69 Å². The number of nitrogens with zero attached hydrogens (tertiary/aromatic N) is 1. The normalized spacial score (nSPS) is 14.0. The lowest BCUT2D eigenvalue weighted by molar-refractivity contribution is -0.128. The molecule has 1 heterocycles. The van der Waals surface area contributed by atoms with Gasteiger partial charge in [0.05, 0.1) is 0 Å². The second kappa shape index (κ2) is 7.09. The largest absolute Gasteiger partial charge is 0.338 e. The molecule has 25 heavy (non-hydrogen) atoms. The van der Waals surface area contributed by atoms with Gasteiger partial charge in [-0.15, -0.1) is 0 Å². The minimum atomic E-state index is -0.121. The van der Waals surface area contributed by atoms with Gasteiger partial charge in [-0.05, 0) is 56.0 Å². The number of carbonyl (C=O) groups excluding carboxylic acids is 2. The fourth-order valence-corrected chi connectivity index (χ4v) is 3.47. The molecule has 2 amide bonds. The summed E-state index contributed by atoms with van der Waals surface area (Å²) in [6.07, 6.45) is 1.55. The van der Waals surface area contributed by atoms with E-state index in [1.54, 1.807) is 0 Å². The molecule has 0 aromatic heterocycles. The number of amides is 2. The number of likely N-dealkylation sites (tertiary alicyclic amines) is 1. The highest BCUT2D eigenvalue weighted by Crippen LogP contribution is 2.23. The van der Waals surface area contributed by atoms with E-state index in [1.165, 1.54) is 5.56 Å². The standard InChI is InChI=1S/C21H24N2O2/c1-14-10-15(2)20(16(3)11-14)22-21(25)18-7-4-6-17(12-18)13-23-9-5-8-19(23)24/h4,6-7,10-12H,5,8-9,13H2,1-3H3,(H,22,25). The van der Waals surface area contributed by atoms with Crippen LogP contribution in [0.3, 0.4) is 0 Å². The third kappa shape index (κ3) is 3.90. The van der Waals surface area contributed by atoms with E-state index in [1.807, 2.05) is 43.0 Å². The van der Waals surface area contributed by atoms with Crippen molar-refractivity contribution in [2.75, 3.05) is 11.9 Å². The fourth-order valence-electron chi connectivity index (χ4n) is 3.47. The van der Waals surface area contributed by atoms with E-state index < -0.39 is 0 Å². The summed E-state index contributed by atoms with van der Waals surface area (Å²) in [7, 11) is 0. The molecule has 3 rings (SSSR count). The Morgan fingerprint density at radius 2 is 1.84 bits per heavy atom. The summed E-state index contributed by atoms with van der Waals surface area (Å²) in [6.45, 7) is 7.43. The van der Waals surface area contributed by atoms with Gasteiger partial charge in [0.2, 0.25) is 5.91 Å². The average Bonchev–Trinajstić information content (AvgIpc) is 2.96. The number of nitrogens with one attached hydrogen (secondary N) is 1. The Kier molecular flexibility index (Phi) is 4.88. The number of benzene rings is 2. The van der Waals surface area contributed by atoms with Gasteiger partial charge in [0.1, 0.15) is 0 Å². The molecule has 0 atom stereocenters. The average molecular weight is 336 g/mol. The summed E-state index contributed by atoms with van der Waals surface area (Å²) in [6, 6.07) is 11.7. The van der Waals surface area contributed by atoms with Gasteiger partial charge < -0.3 is 10.2 Å². The predicted octanol–water partition coefficient (Wildman–Crippen LogP) is 3.99. The Labute approximate surface area is 148 Å². The van der Waals surface area contributed by atoms with Gasteiger partial charge in [0.25, 0.3) is 5.91 Å². The third-order valence-electron chi connectivity index (χ3n) is 4.65. The van der Waals surface area contributed by atoms with E-state index in [9.17, 15) is 9.59 Å². The van der Waals surface area contributed by atoms with Gasteiger partial charge in [-0.3, -0.25) is 9.59 Å². The van der Waals surface area contributed by atoms with Crippen LogP contribution in [0.2, 0.25) is 0 Å². The molecule has 0 radical (unpaired) electrons. The fraction of sp³-hybridized carbons (Fsp3) is 0.333. The maximum Gasteiger partial charge on any atom is 0.255 e. The number of carbonyl (C=O) groups is 2. The van der Waals surface area contributed by atoms with E-state index in [-0.39, 0.29) is 11.8 Å². The first-order valence-electron chi connectivity index (χ1n) is 8.70. The van der Waals surface area contributed by atoms with Crippen molar-refractivity contribution in [3.63, 3.8) is 0 Å². The molecule has 1 aliphatic rings. The van der Waals surface area contributed by atoms with Crippen LogP contribution in [0, 0.1) is 20.8 Å². The lowest BCUT2D eigenvalue weighted by Crippen LogP contribution is -2.24. The second-order valence-electron chi connectivity index (χ2n) is 6.85. The number of hydrogen-bond donors (Lipinski definition) is 1. The summed E-state index contributed by atoms with van der Waals surface area (Å²) in [5.41, 5.74) is 5.78. The zero-order valence-electron chi connectivity index (χ0n) is 15.1. The first-order chi connectivity index (χ1) is 11.9. The second-order valence-corrected chi connectivity index (χ2v) is 6.85. The van der Waals surface area contributed by atoms with Gasteiger partial charge in [-0.25, -0.2) is 0 Å². The van der Waals surface area contributed by atoms with Gasteiger partial charge in [-0.1, -0.05) is 29.8 Å². The summed E-state index contributed by atoms with van der Waals surface area (Å²) in [5, 5.41) is 3.03. The molecule has 4 nitrogen and oxygen atoms in total. The van der Waals surface area contributed by atoms with E-state index in [0.29, 0.717) is 18.5 Å². The highest BCUT2D eigenvalue weighted by molar-refractivity contribution is 6.05. The zero-order valence-corrected chi connectivity index (χ0v) is 15.1. The van der Waals surface area contributed by atoms with Gasteiger partial charge in [0.15, 0.2) is 0 Å². The molecule has 1 aliphatic heterocycles. The molecule has 1 saturated heterocycles. The van der Waals surface area contributed by atoms with Crippen molar-refractivity contribution >= 4 is 17.5 Å². The topological polar surface area (TPSA) is 49.4 Å². The Bertz CT molecular complexity index is 803. The van der Waals surface area contributed by atoms with Crippen molar-refractivity contribution in [1.82, 2.24) is 4.90 Å². The quantitative estimate of drug-likeness (QED) is 0.918. The Balaban J connectivity index is 1.77. The molecule has 1 N–H and O–H groups in total. The summed E-state index contributed by atoms with van der Waals surface area (Å²) in [4.78, 5) is 26.3. The van der Waals surface area contributed by atoms with E-state index in [4.69, 9.17) is 0 Å². The van der Waals surface area contributed by atoms with Crippen LogP contribution < -0.4 is 5.32 Å². The predicted molar refractivity (Wildman–Crippen MR) is 99.7 cm³/mol. The molecule has 0 saturated carbocycles. The Morgan fingerprint density at radius 3 is 2.48 bits per heavy atom. The summed E-state index contributed by atoms with van der Waals surface area (Å²) in [5.74, 6) is 0.0745. The zero-order chi connectivity index (χ0) is 18.0. The van der Waals surface area contributed by atoms with E-state index in [0.717, 1.165) is 35.3 Å². The Hall–Kier alpha value is -2.62. The molecule has 0 spiro atoms. The van der Waals surface area contributed by atoms with Gasteiger partial charge >= 0.3 is 0 Å². The molecule has 0 unspecified atom stereocenters. The summed E-state index contributed by atoms with van der Waals surface area (Å²) >= 11 is 0. The van der Waals surface area contributed by atoms with Crippen LogP contribution >= 0.6 is 0 Å². The number of anilines is 1. The van der Waals surface area contributed by atoms with Crippen molar-refractivity contribution in [3.8, 4) is 0 Å². The molecule has 0 aliphatic carbocycles. The minimum absolute atomic E-state index is 0.121. The minimum Gasteiger partial charge on any atom is -0.338 e. The highest BCUT2D eigenvalue weighted by Gasteiger charge is 2.20. The van der Waals surface area contributed by atoms with Crippen LogP contribution in [-0.4, -0.2) is 23.3 Å². The summed E-state index contributed by atoms with van der Waals surface area (Å²) < 4.78 is 0. The van der Waals surface area contributed by atoms with Crippen LogP contribution in [-0.2, 0) is 11.3 Å². The van der Waals surface area contributed by atoms with Crippen molar-refractivity contribution in [2.45, 2.75) is 40.2 Å². The van der Waals surface area contributed by atoms with E-state index in [2.05, 4.69) is 24.4 Å². The van der Waals surface area contributed by atoms with Crippen LogP contribution in [0.1, 0.15) is 45.5 Å². The first kappa shape index (κ1) is 17.2. The highest BCUT2D eigenvalue weighted by atomic mass is 16.2. The van der Waals surface area contributed by atoms with Crippen molar-refractivity contribution in [3.05, 3.63) is 64.2 Å². The molecule has 130 valence electrons. The number of rotatable bonds is 4. The maximum absolute atomic E-state index is 12.7.